The van der Waals surface area contributed by atoms with Crippen molar-refractivity contribution in [3.05, 3.63) is 23.8 Å². The van der Waals surface area contributed by atoms with E-state index in [-0.39, 0.29) is 6.04 Å². The van der Waals surface area contributed by atoms with Gasteiger partial charge in [0, 0.05) is 0 Å². The van der Waals surface area contributed by atoms with Crippen molar-refractivity contribution >= 4 is 17.0 Å². The van der Waals surface area contributed by atoms with Gasteiger partial charge in [-0.3, -0.25) is 0 Å². The van der Waals surface area contributed by atoms with Gasteiger partial charge in [-0.05, 0) is 43.2 Å². The van der Waals surface area contributed by atoms with Crippen LogP contribution in [-0.4, -0.2) is 26.1 Å². The van der Waals surface area contributed by atoms with Crippen molar-refractivity contribution in [3.63, 3.8) is 0 Å². The largest absolute Gasteiger partial charge is 0.478 e. The van der Waals surface area contributed by atoms with Gasteiger partial charge in [0.1, 0.15) is 11.0 Å². The molecule has 1 N–H and O–H groups in total. The summed E-state index contributed by atoms with van der Waals surface area (Å²) in [6.45, 7) is 4.50. The van der Waals surface area contributed by atoms with Crippen LogP contribution in [0, 0.1) is 11.8 Å². The van der Waals surface area contributed by atoms with Gasteiger partial charge in [0.25, 0.3) is 0 Å². The molecule has 0 amide bonds. The molecule has 0 radical (unpaired) electrons. The molecular formula is C15H19N3O2. The average molecular weight is 273 g/mol. The minimum absolute atomic E-state index is 0.249. The number of hydrogen-bond donors (Lipinski definition) is 1. The first-order valence-corrected chi connectivity index (χ1v) is 7.13. The van der Waals surface area contributed by atoms with E-state index < -0.39 is 5.97 Å². The Kier molecular flexibility index (Phi) is 3.20. The highest BCUT2D eigenvalue weighted by Gasteiger charge is 2.28. The van der Waals surface area contributed by atoms with Crippen molar-refractivity contribution in [3.8, 4) is 0 Å². The van der Waals surface area contributed by atoms with Crippen LogP contribution in [0.15, 0.2) is 18.2 Å². The van der Waals surface area contributed by atoms with Crippen LogP contribution in [0.25, 0.3) is 11.0 Å². The van der Waals surface area contributed by atoms with Crippen LogP contribution < -0.4 is 0 Å². The zero-order chi connectivity index (χ0) is 14.3. The Morgan fingerprint density at radius 2 is 1.95 bits per heavy atom. The Labute approximate surface area is 117 Å². The zero-order valence-corrected chi connectivity index (χ0v) is 11.8. The molecule has 2 unspecified atom stereocenters. The highest BCUT2D eigenvalue weighted by atomic mass is 16.4. The first kappa shape index (κ1) is 13.1. The zero-order valence-electron chi connectivity index (χ0n) is 11.8. The number of hydrogen-bond acceptors (Lipinski definition) is 3. The standard InChI is InChI=1S/C15H19N3O2/c1-9-6-10(2)8-11(7-9)18-14-12(15(19)20)4-3-5-13(14)16-17-18/h3-5,9-11H,6-8H2,1-2H3,(H,19,20). The molecule has 1 aliphatic rings. The lowest BCUT2D eigenvalue weighted by molar-refractivity contribution is 0.0698. The van der Waals surface area contributed by atoms with Gasteiger partial charge in [-0.15, -0.1) is 5.10 Å². The lowest BCUT2D eigenvalue weighted by atomic mass is 9.80. The summed E-state index contributed by atoms with van der Waals surface area (Å²) < 4.78 is 1.84. The fourth-order valence-corrected chi connectivity index (χ4v) is 3.53. The number of benzene rings is 1. The van der Waals surface area contributed by atoms with Crippen LogP contribution >= 0.6 is 0 Å². The molecule has 1 saturated carbocycles. The molecule has 5 nitrogen and oxygen atoms in total. The number of aromatic carboxylic acids is 1. The van der Waals surface area contributed by atoms with Gasteiger partial charge in [-0.1, -0.05) is 25.1 Å². The van der Waals surface area contributed by atoms with Gasteiger partial charge in [0.15, 0.2) is 0 Å². The highest BCUT2D eigenvalue weighted by molar-refractivity contribution is 6.00. The minimum atomic E-state index is -0.920. The van der Waals surface area contributed by atoms with Gasteiger partial charge in [0.2, 0.25) is 0 Å². The molecule has 0 saturated heterocycles. The second-order valence-electron chi connectivity index (χ2n) is 6.08. The van der Waals surface area contributed by atoms with Crippen LogP contribution in [0.1, 0.15) is 49.5 Å². The maximum Gasteiger partial charge on any atom is 0.337 e. The molecule has 1 aliphatic carbocycles. The van der Waals surface area contributed by atoms with E-state index in [0.717, 1.165) is 12.8 Å². The number of rotatable bonds is 2. The number of carboxylic acid groups (broad SMARTS) is 1. The predicted molar refractivity (Wildman–Crippen MR) is 75.7 cm³/mol. The third-order valence-electron chi connectivity index (χ3n) is 4.22. The third-order valence-corrected chi connectivity index (χ3v) is 4.22. The van der Waals surface area contributed by atoms with E-state index in [0.29, 0.717) is 28.4 Å². The summed E-state index contributed by atoms with van der Waals surface area (Å²) >= 11 is 0. The quantitative estimate of drug-likeness (QED) is 0.912. The number of nitrogens with zero attached hydrogens (tertiary/aromatic N) is 3. The van der Waals surface area contributed by atoms with E-state index in [1.807, 2.05) is 10.7 Å². The van der Waals surface area contributed by atoms with E-state index in [2.05, 4.69) is 24.2 Å². The molecule has 1 aromatic heterocycles. The van der Waals surface area contributed by atoms with Crippen molar-refractivity contribution in [1.82, 2.24) is 15.0 Å². The molecule has 2 atom stereocenters. The number of carbonyl (C=O) groups is 1. The minimum Gasteiger partial charge on any atom is -0.478 e. The first-order chi connectivity index (χ1) is 9.56. The van der Waals surface area contributed by atoms with Crippen molar-refractivity contribution in [2.45, 2.75) is 39.2 Å². The summed E-state index contributed by atoms with van der Waals surface area (Å²) in [7, 11) is 0. The molecule has 2 aromatic rings. The molecule has 3 rings (SSSR count). The Bertz CT molecular complexity index is 640. The smallest absolute Gasteiger partial charge is 0.337 e. The molecule has 0 spiro atoms. The van der Waals surface area contributed by atoms with Gasteiger partial charge in [0.05, 0.1) is 11.6 Å². The molecule has 1 aromatic carbocycles. The lowest BCUT2D eigenvalue weighted by Crippen LogP contribution is -2.24. The number of fused-ring (bicyclic) bond motifs is 1. The predicted octanol–water partition coefficient (Wildman–Crippen LogP) is 3.13. The first-order valence-electron chi connectivity index (χ1n) is 7.13. The van der Waals surface area contributed by atoms with E-state index in [4.69, 9.17) is 0 Å². The third kappa shape index (κ3) is 2.17. The highest BCUT2D eigenvalue weighted by Crippen LogP contribution is 2.37. The van der Waals surface area contributed by atoms with Crippen LogP contribution in [0.2, 0.25) is 0 Å². The van der Waals surface area contributed by atoms with Crippen LogP contribution in [0.5, 0.6) is 0 Å². The normalized spacial score (nSPS) is 26.8. The topological polar surface area (TPSA) is 68.0 Å². The van der Waals surface area contributed by atoms with Crippen LogP contribution in [0.4, 0.5) is 0 Å². The fraction of sp³-hybridized carbons (Fsp3) is 0.533. The number of aromatic nitrogens is 3. The fourth-order valence-electron chi connectivity index (χ4n) is 3.53. The van der Waals surface area contributed by atoms with E-state index in [1.54, 1.807) is 12.1 Å². The van der Waals surface area contributed by atoms with Crippen molar-refractivity contribution in [2.24, 2.45) is 11.8 Å². The van der Waals surface area contributed by atoms with E-state index in [1.165, 1.54) is 6.42 Å². The van der Waals surface area contributed by atoms with Gasteiger partial charge >= 0.3 is 5.97 Å². The molecule has 0 bridgehead atoms. The summed E-state index contributed by atoms with van der Waals surface area (Å²) in [5.74, 6) is 0.357. The van der Waals surface area contributed by atoms with Gasteiger partial charge in [-0.25, -0.2) is 9.48 Å². The second-order valence-corrected chi connectivity index (χ2v) is 6.08. The van der Waals surface area contributed by atoms with Crippen molar-refractivity contribution in [2.75, 3.05) is 0 Å². The van der Waals surface area contributed by atoms with Crippen molar-refractivity contribution < 1.29 is 9.90 Å². The summed E-state index contributed by atoms with van der Waals surface area (Å²) in [6.07, 6.45) is 3.31. The maximum atomic E-state index is 11.4. The second kappa shape index (κ2) is 4.89. The van der Waals surface area contributed by atoms with Gasteiger partial charge in [-0.2, -0.15) is 0 Å². The molecule has 106 valence electrons. The SMILES string of the molecule is CC1CC(C)CC(n2nnc3cccc(C(=O)O)c32)C1. The van der Waals surface area contributed by atoms with Gasteiger partial charge < -0.3 is 5.11 Å². The number of carboxylic acids is 1. The molecular weight excluding hydrogens is 254 g/mol. The molecule has 1 heterocycles. The Morgan fingerprint density at radius 3 is 2.60 bits per heavy atom. The van der Waals surface area contributed by atoms with E-state index in [9.17, 15) is 9.90 Å². The molecule has 0 aliphatic heterocycles. The van der Waals surface area contributed by atoms with Crippen molar-refractivity contribution in [1.29, 1.82) is 0 Å². The summed E-state index contributed by atoms with van der Waals surface area (Å²) in [4.78, 5) is 11.4. The monoisotopic (exact) mass is 273 g/mol. The van der Waals surface area contributed by atoms with Crippen LogP contribution in [-0.2, 0) is 0 Å². The summed E-state index contributed by atoms with van der Waals surface area (Å²) in [6, 6.07) is 5.41. The molecule has 20 heavy (non-hydrogen) atoms. The average Bonchev–Trinajstić information content (AvgIpc) is 2.80. The Balaban J connectivity index is 2.09. The van der Waals surface area contributed by atoms with E-state index >= 15 is 0 Å². The maximum absolute atomic E-state index is 11.4. The molecule has 5 heteroatoms. The molecule has 1 fully saturated rings. The number of para-hydroxylation sites is 1. The van der Waals surface area contributed by atoms with Crippen LogP contribution in [0.3, 0.4) is 0 Å². The summed E-state index contributed by atoms with van der Waals surface area (Å²) in [5.41, 5.74) is 1.61. The Hall–Kier alpha value is -1.91. The lowest BCUT2D eigenvalue weighted by Gasteiger charge is -2.31. The summed E-state index contributed by atoms with van der Waals surface area (Å²) in [5, 5.41) is 17.7. The Morgan fingerprint density at radius 1 is 1.25 bits per heavy atom.